The highest BCUT2D eigenvalue weighted by Gasteiger charge is 2.13. The second kappa shape index (κ2) is 14.2. The van der Waals surface area contributed by atoms with Gasteiger partial charge in [-0.25, -0.2) is 0 Å². The summed E-state index contributed by atoms with van der Waals surface area (Å²) in [6, 6.07) is 0. The Hall–Kier alpha value is -0.850. The number of aliphatic imine (C=N–C) groups is 1. The fraction of sp³-hybridized carbons (Fsp3) is 0.950. The van der Waals surface area contributed by atoms with Gasteiger partial charge < -0.3 is 24.8 Å². The first-order valence-corrected chi connectivity index (χ1v) is 10.6. The van der Waals surface area contributed by atoms with E-state index in [1.165, 1.54) is 38.5 Å². The molecular formula is C20H39N3O3. The van der Waals surface area contributed by atoms with Crippen LogP contribution < -0.4 is 10.6 Å². The van der Waals surface area contributed by atoms with Gasteiger partial charge in [-0.15, -0.1) is 0 Å². The molecule has 152 valence electrons. The van der Waals surface area contributed by atoms with Gasteiger partial charge in [0.1, 0.15) is 0 Å². The number of hydrogen-bond acceptors (Lipinski definition) is 4. The summed E-state index contributed by atoms with van der Waals surface area (Å²) in [4.78, 5) is 4.26. The molecule has 2 aliphatic rings. The molecule has 2 N–H and O–H groups in total. The minimum Gasteiger partial charge on any atom is -0.381 e. The molecule has 0 atom stereocenters. The van der Waals surface area contributed by atoms with E-state index < -0.39 is 0 Å². The lowest BCUT2D eigenvalue weighted by Crippen LogP contribution is -2.40. The average molecular weight is 370 g/mol. The maximum atomic E-state index is 6.00. The summed E-state index contributed by atoms with van der Waals surface area (Å²) >= 11 is 0. The molecule has 1 saturated heterocycles. The zero-order valence-corrected chi connectivity index (χ0v) is 16.6. The summed E-state index contributed by atoms with van der Waals surface area (Å²) in [5.74, 6) is 1.53. The first-order valence-electron chi connectivity index (χ1n) is 10.6. The Morgan fingerprint density at radius 1 is 0.962 bits per heavy atom. The monoisotopic (exact) mass is 369 g/mol. The van der Waals surface area contributed by atoms with Crippen molar-refractivity contribution in [3.05, 3.63) is 0 Å². The molecule has 0 aromatic carbocycles. The van der Waals surface area contributed by atoms with Crippen molar-refractivity contribution in [2.75, 3.05) is 53.2 Å². The minimum absolute atomic E-state index is 0.460. The third kappa shape index (κ3) is 9.74. The Bertz CT molecular complexity index is 365. The molecule has 6 nitrogen and oxygen atoms in total. The first kappa shape index (κ1) is 21.5. The van der Waals surface area contributed by atoms with Gasteiger partial charge in [0, 0.05) is 46.6 Å². The Balaban J connectivity index is 1.42. The number of guanidine groups is 1. The van der Waals surface area contributed by atoms with Gasteiger partial charge in [-0.05, 0) is 38.0 Å². The molecule has 1 aliphatic carbocycles. The van der Waals surface area contributed by atoms with Gasteiger partial charge in [-0.1, -0.05) is 25.7 Å². The maximum Gasteiger partial charge on any atom is 0.191 e. The Morgan fingerprint density at radius 3 is 2.42 bits per heavy atom. The van der Waals surface area contributed by atoms with Gasteiger partial charge in [-0.2, -0.15) is 0 Å². The van der Waals surface area contributed by atoms with Crippen molar-refractivity contribution in [3.63, 3.8) is 0 Å². The fourth-order valence-corrected chi connectivity index (χ4v) is 3.57. The molecule has 0 amide bonds. The lowest BCUT2D eigenvalue weighted by atomic mass is 10.0. The highest BCUT2D eigenvalue weighted by atomic mass is 16.5. The van der Waals surface area contributed by atoms with E-state index in [-0.39, 0.29) is 0 Å². The quantitative estimate of drug-likeness (QED) is 0.268. The first-order chi connectivity index (χ1) is 12.9. The van der Waals surface area contributed by atoms with Gasteiger partial charge in [0.05, 0.1) is 12.7 Å². The van der Waals surface area contributed by atoms with Crippen molar-refractivity contribution < 1.29 is 14.2 Å². The lowest BCUT2D eigenvalue weighted by molar-refractivity contribution is 0.0203. The van der Waals surface area contributed by atoms with Crippen LogP contribution in [-0.4, -0.2) is 65.2 Å². The van der Waals surface area contributed by atoms with Crippen LogP contribution in [0.4, 0.5) is 0 Å². The molecule has 2 fully saturated rings. The number of hydrogen-bond donors (Lipinski definition) is 2. The van der Waals surface area contributed by atoms with Crippen LogP contribution in [0, 0.1) is 5.92 Å². The number of ether oxygens (including phenoxy) is 3. The largest absolute Gasteiger partial charge is 0.381 e. The topological polar surface area (TPSA) is 64.1 Å². The van der Waals surface area contributed by atoms with Crippen molar-refractivity contribution >= 4 is 5.96 Å². The van der Waals surface area contributed by atoms with E-state index in [1.54, 1.807) is 0 Å². The van der Waals surface area contributed by atoms with Crippen molar-refractivity contribution in [1.82, 2.24) is 10.6 Å². The summed E-state index contributed by atoms with van der Waals surface area (Å²) < 4.78 is 17.2. The van der Waals surface area contributed by atoms with Gasteiger partial charge in [0.15, 0.2) is 5.96 Å². The van der Waals surface area contributed by atoms with Crippen molar-refractivity contribution in [1.29, 1.82) is 0 Å². The van der Waals surface area contributed by atoms with Crippen molar-refractivity contribution in [3.8, 4) is 0 Å². The van der Waals surface area contributed by atoms with E-state index in [2.05, 4.69) is 15.6 Å². The summed E-state index contributed by atoms with van der Waals surface area (Å²) in [6.45, 7) is 5.87. The molecule has 0 aromatic heterocycles. The zero-order valence-electron chi connectivity index (χ0n) is 16.6. The second-order valence-corrected chi connectivity index (χ2v) is 7.39. The van der Waals surface area contributed by atoms with Gasteiger partial charge in [-0.3, -0.25) is 4.99 Å². The molecule has 0 spiro atoms. The van der Waals surface area contributed by atoms with Crippen LogP contribution in [0.2, 0.25) is 0 Å². The summed E-state index contributed by atoms with van der Waals surface area (Å²) in [5, 5.41) is 6.67. The highest BCUT2D eigenvalue weighted by Crippen LogP contribution is 2.19. The average Bonchev–Trinajstić information content (AvgIpc) is 2.96. The van der Waals surface area contributed by atoms with E-state index >= 15 is 0 Å². The van der Waals surface area contributed by atoms with Gasteiger partial charge in [0.25, 0.3) is 0 Å². The Labute approximate surface area is 159 Å². The third-order valence-corrected chi connectivity index (χ3v) is 5.23. The van der Waals surface area contributed by atoms with Crippen LogP contribution in [0.15, 0.2) is 4.99 Å². The third-order valence-electron chi connectivity index (χ3n) is 5.23. The van der Waals surface area contributed by atoms with Crippen molar-refractivity contribution in [2.24, 2.45) is 10.9 Å². The molecule has 0 aromatic rings. The highest BCUT2D eigenvalue weighted by molar-refractivity contribution is 5.79. The lowest BCUT2D eigenvalue weighted by Gasteiger charge is -2.21. The Morgan fingerprint density at radius 2 is 1.69 bits per heavy atom. The van der Waals surface area contributed by atoms with E-state index in [9.17, 15) is 0 Å². The summed E-state index contributed by atoms with van der Waals surface area (Å²) in [7, 11) is 1.81. The van der Waals surface area contributed by atoms with Crippen LogP contribution in [0.1, 0.15) is 57.8 Å². The molecule has 0 bridgehead atoms. The van der Waals surface area contributed by atoms with Crippen LogP contribution >= 0.6 is 0 Å². The summed E-state index contributed by atoms with van der Waals surface area (Å²) in [6.07, 6.45) is 11.5. The molecule has 0 unspecified atom stereocenters. The molecule has 26 heavy (non-hydrogen) atoms. The minimum atomic E-state index is 0.460. The van der Waals surface area contributed by atoms with E-state index in [4.69, 9.17) is 14.2 Å². The second-order valence-electron chi connectivity index (χ2n) is 7.39. The smallest absolute Gasteiger partial charge is 0.191 e. The normalized spacial score (nSPS) is 20.7. The predicted octanol–water partition coefficient (Wildman–Crippen LogP) is 2.72. The maximum absolute atomic E-state index is 6.00. The molecule has 0 radical (unpaired) electrons. The molecule has 2 rings (SSSR count). The van der Waals surface area contributed by atoms with E-state index in [1.807, 2.05) is 7.05 Å². The molecule has 1 heterocycles. The van der Waals surface area contributed by atoms with Gasteiger partial charge in [0.2, 0.25) is 0 Å². The van der Waals surface area contributed by atoms with Gasteiger partial charge >= 0.3 is 0 Å². The Kier molecular flexibility index (Phi) is 11.7. The van der Waals surface area contributed by atoms with Crippen LogP contribution in [-0.2, 0) is 14.2 Å². The van der Waals surface area contributed by atoms with Crippen LogP contribution in [0.3, 0.4) is 0 Å². The molecular weight excluding hydrogens is 330 g/mol. The van der Waals surface area contributed by atoms with Crippen LogP contribution in [0.5, 0.6) is 0 Å². The molecule has 1 saturated carbocycles. The molecule has 1 aliphatic heterocycles. The number of rotatable bonds is 10. The number of nitrogens with one attached hydrogen (secondary N) is 2. The van der Waals surface area contributed by atoms with E-state index in [0.29, 0.717) is 12.0 Å². The zero-order chi connectivity index (χ0) is 18.3. The van der Waals surface area contributed by atoms with E-state index in [0.717, 1.165) is 71.3 Å². The van der Waals surface area contributed by atoms with Crippen LogP contribution in [0.25, 0.3) is 0 Å². The SMILES string of the molecule is CN=C(NCCCOCC1CCOCC1)NCCOC1CCCCCC1. The number of nitrogens with zero attached hydrogens (tertiary/aromatic N) is 1. The standard InChI is InChI=1S/C20H39N3O3/c1-21-20(23-12-16-26-19-7-4-2-3-5-8-19)22-11-6-13-25-17-18-9-14-24-15-10-18/h18-19H,2-17H2,1H3,(H2,21,22,23). The fourth-order valence-electron chi connectivity index (χ4n) is 3.57. The summed E-state index contributed by atoms with van der Waals surface area (Å²) in [5.41, 5.74) is 0. The molecule has 6 heteroatoms. The predicted molar refractivity (Wildman–Crippen MR) is 106 cm³/mol. The van der Waals surface area contributed by atoms with Crippen molar-refractivity contribution in [2.45, 2.75) is 63.9 Å².